The number of carbonyl (C=O) groups is 2. The Bertz CT molecular complexity index is 777. The molecule has 1 saturated heterocycles. The van der Waals surface area contributed by atoms with Crippen LogP contribution in [0.4, 0.5) is 10.5 Å². The number of ether oxygens (including phenoxy) is 2. The van der Waals surface area contributed by atoms with E-state index in [9.17, 15) is 19.7 Å². The third-order valence-electron chi connectivity index (χ3n) is 3.98. The maximum Gasteiger partial charge on any atom is 0.346 e. The van der Waals surface area contributed by atoms with E-state index in [2.05, 4.69) is 10.4 Å². The van der Waals surface area contributed by atoms with Gasteiger partial charge in [-0.05, 0) is 19.4 Å². The number of fused-ring (bicyclic) bond motifs is 1. The third kappa shape index (κ3) is 2.41. The molecule has 1 fully saturated rings. The van der Waals surface area contributed by atoms with Gasteiger partial charge in [0.05, 0.1) is 22.8 Å². The second kappa shape index (κ2) is 5.48. The van der Waals surface area contributed by atoms with Crippen LogP contribution in [-0.2, 0) is 4.79 Å². The molecule has 2 heterocycles. The quantitative estimate of drug-likeness (QED) is 0.384. The maximum absolute atomic E-state index is 12.2. The first-order valence-electron chi connectivity index (χ1n) is 7.14. The molecule has 3 amide bonds. The van der Waals surface area contributed by atoms with Crippen molar-refractivity contribution in [3.05, 3.63) is 27.8 Å². The number of nitro benzene ring substituents is 1. The molecule has 3 rings (SSSR count). The van der Waals surface area contributed by atoms with Gasteiger partial charge in [0.25, 0.3) is 11.6 Å². The van der Waals surface area contributed by atoms with E-state index < -0.39 is 22.4 Å². The van der Waals surface area contributed by atoms with Gasteiger partial charge >= 0.3 is 6.03 Å². The second-order valence-electron chi connectivity index (χ2n) is 5.50. The number of nitro groups is 1. The summed E-state index contributed by atoms with van der Waals surface area (Å²) in [6.07, 6.45) is 1.48. The molecule has 0 spiro atoms. The van der Waals surface area contributed by atoms with Crippen LogP contribution < -0.4 is 14.8 Å². The molecular weight excluding hydrogens is 320 g/mol. The van der Waals surface area contributed by atoms with Crippen molar-refractivity contribution in [2.75, 3.05) is 6.79 Å². The average Bonchev–Trinajstić information content (AvgIpc) is 3.08. The standard InChI is InChI=1S/C14H14N4O6/c1-3-14(2)12(19)17(13(20)16-14)15-6-8-4-10-11(24-7-23-10)5-9(8)18(21)22/h4-6H,3,7H2,1-2H3,(H,16,20)/b15-6-/t14-/m0/s1. The minimum Gasteiger partial charge on any atom is -0.454 e. The summed E-state index contributed by atoms with van der Waals surface area (Å²) in [5.41, 5.74) is -1.21. The van der Waals surface area contributed by atoms with E-state index in [4.69, 9.17) is 9.47 Å². The average molecular weight is 334 g/mol. The molecule has 0 saturated carbocycles. The lowest BCUT2D eigenvalue weighted by Crippen LogP contribution is -2.42. The van der Waals surface area contributed by atoms with E-state index >= 15 is 0 Å². The number of hydrogen-bond donors (Lipinski definition) is 1. The normalized spacial score (nSPS) is 22.3. The van der Waals surface area contributed by atoms with E-state index in [1.54, 1.807) is 13.8 Å². The Hall–Kier alpha value is -3.17. The molecule has 0 unspecified atom stereocenters. The van der Waals surface area contributed by atoms with Crippen LogP contribution in [0.2, 0.25) is 0 Å². The zero-order valence-corrected chi connectivity index (χ0v) is 12.9. The van der Waals surface area contributed by atoms with Gasteiger partial charge < -0.3 is 14.8 Å². The fourth-order valence-corrected chi connectivity index (χ4v) is 2.34. The van der Waals surface area contributed by atoms with E-state index in [0.717, 1.165) is 6.21 Å². The summed E-state index contributed by atoms with van der Waals surface area (Å²) in [7, 11) is 0. The zero-order valence-electron chi connectivity index (χ0n) is 12.9. The predicted octanol–water partition coefficient (Wildman–Crippen LogP) is 1.38. The number of urea groups is 1. The summed E-state index contributed by atoms with van der Waals surface area (Å²) in [5, 5.41) is 18.2. The number of amides is 3. The molecule has 1 aromatic carbocycles. The fourth-order valence-electron chi connectivity index (χ4n) is 2.34. The molecule has 1 atom stereocenters. The van der Waals surface area contributed by atoms with Crippen molar-refractivity contribution in [2.45, 2.75) is 25.8 Å². The largest absolute Gasteiger partial charge is 0.454 e. The van der Waals surface area contributed by atoms with Crippen molar-refractivity contribution in [3.8, 4) is 11.5 Å². The van der Waals surface area contributed by atoms with E-state index in [-0.39, 0.29) is 23.8 Å². The van der Waals surface area contributed by atoms with Crippen LogP contribution in [0.15, 0.2) is 17.2 Å². The minimum absolute atomic E-state index is 0.0328. The topological polar surface area (TPSA) is 123 Å². The van der Waals surface area contributed by atoms with Crippen molar-refractivity contribution < 1.29 is 24.0 Å². The van der Waals surface area contributed by atoms with E-state index in [0.29, 0.717) is 17.2 Å². The first-order valence-corrected chi connectivity index (χ1v) is 7.14. The first kappa shape index (κ1) is 15.7. The molecule has 24 heavy (non-hydrogen) atoms. The monoisotopic (exact) mass is 334 g/mol. The summed E-state index contributed by atoms with van der Waals surface area (Å²) in [4.78, 5) is 34.7. The van der Waals surface area contributed by atoms with Gasteiger partial charge in [0.2, 0.25) is 6.79 Å². The van der Waals surface area contributed by atoms with Gasteiger partial charge in [0.15, 0.2) is 11.5 Å². The Morgan fingerprint density at radius 1 is 1.42 bits per heavy atom. The van der Waals surface area contributed by atoms with E-state index in [1.165, 1.54) is 12.1 Å². The Morgan fingerprint density at radius 2 is 2.08 bits per heavy atom. The van der Waals surface area contributed by atoms with Gasteiger partial charge in [-0.3, -0.25) is 14.9 Å². The molecule has 0 radical (unpaired) electrons. The molecule has 2 aliphatic heterocycles. The van der Waals surface area contributed by atoms with Crippen LogP contribution >= 0.6 is 0 Å². The molecule has 0 aromatic heterocycles. The molecule has 1 aromatic rings. The smallest absolute Gasteiger partial charge is 0.346 e. The van der Waals surface area contributed by atoms with Crippen molar-refractivity contribution in [1.29, 1.82) is 0 Å². The number of hydrazone groups is 1. The van der Waals surface area contributed by atoms with Crippen LogP contribution in [0, 0.1) is 10.1 Å². The molecule has 2 aliphatic rings. The highest BCUT2D eigenvalue weighted by molar-refractivity contribution is 6.07. The zero-order chi connectivity index (χ0) is 17.5. The number of hydrogen-bond acceptors (Lipinski definition) is 7. The number of nitrogens with one attached hydrogen (secondary N) is 1. The van der Waals surface area contributed by atoms with Crippen molar-refractivity contribution in [1.82, 2.24) is 10.3 Å². The van der Waals surface area contributed by atoms with Crippen LogP contribution in [0.25, 0.3) is 0 Å². The summed E-state index contributed by atoms with van der Waals surface area (Å²) in [6.45, 7) is 3.31. The van der Waals surface area contributed by atoms with Crippen molar-refractivity contribution >= 4 is 23.8 Å². The van der Waals surface area contributed by atoms with Gasteiger partial charge in [-0.1, -0.05) is 6.92 Å². The van der Waals surface area contributed by atoms with Gasteiger partial charge in [0, 0.05) is 0 Å². The molecule has 0 bridgehead atoms. The van der Waals surface area contributed by atoms with Gasteiger partial charge in [-0.25, -0.2) is 4.79 Å². The number of rotatable bonds is 4. The fraction of sp³-hybridized carbons (Fsp3) is 0.357. The van der Waals surface area contributed by atoms with Crippen molar-refractivity contribution in [3.63, 3.8) is 0 Å². The highest BCUT2D eigenvalue weighted by Crippen LogP contribution is 2.37. The van der Waals surface area contributed by atoms with Crippen LogP contribution in [0.5, 0.6) is 11.5 Å². The Balaban J connectivity index is 1.94. The van der Waals surface area contributed by atoms with Crippen molar-refractivity contribution in [2.24, 2.45) is 5.10 Å². The molecule has 0 aliphatic carbocycles. The number of benzene rings is 1. The number of imide groups is 1. The minimum atomic E-state index is -1.03. The molecule has 10 heteroatoms. The second-order valence-corrected chi connectivity index (χ2v) is 5.50. The van der Waals surface area contributed by atoms with Crippen LogP contribution in [0.1, 0.15) is 25.8 Å². The van der Waals surface area contributed by atoms with Gasteiger partial charge in [-0.2, -0.15) is 5.10 Å². The molecule has 1 N–H and O–H groups in total. The maximum atomic E-state index is 12.2. The lowest BCUT2D eigenvalue weighted by molar-refractivity contribution is -0.385. The molecule has 10 nitrogen and oxygen atoms in total. The number of nitrogens with zero attached hydrogens (tertiary/aromatic N) is 3. The summed E-state index contributed by atoms with van der Waals surface area (Å²) < 4.78 is 10.3. The van der Waals surface area contributed by atoms with Crippen LogP contribution in [-0.4, -0.2) is 40.4 Å². The summed E-state index contributed by atoms with van der Waals surface area (Å²) >= 11 is 0. The lowest BCUT2D eigenvalue weighted by atomic mass is 10.00. The molecule has 126 valence electrons. The van der Waals surface area contributed by atoms with Gasteiger partial charge in [-0.15, -0.1) is 5.01 Å². The third-order valence-corrected chi connectivity index (χ3v) is 3.98. The van der Waals surface area contributed by atoms with Crippen LogP contribution in [0.3, 0.4) is 0 Å². The Morgan fingerprint density at radius 3 is 2.67 bits per heavy atom. The highest BCUT2D eigenvalue weighted by Gasteiger charge is 2.46. The summed E-state index contributed by atoms with van der Waals surface area (Å²) in [6, 6.07) is 1.91. The predicted molar refractivity (Wildman–Crippen MR) is 80.9 cm³/mol. The SMILES string of the molecule is CC[C@]1(C)NC(=O)N(/N=C\c2cc3c(cc2[N+](=O)[O-])OCO3)C1=O. The lowest BCUT2D eigenvalue weighted by Gasteiger charge is -2.17. The van der Waals surface area contributed by atoms with Gasteiger partial charge in [0.1, 0.15) is 5.54 Å². The first-order chi connectivity index (χ1) is 11.4. The summed E-state index contributed by atoms with van der Waals surface area (Å²) in [5.74, 6) is 0.0692. The highest BCUT2D eigenvalue weighted by atomic mass is 16.7. The Kier molecular flexibility index (Phi) is 3.59. The molecular formula is C14H14N4O6. The van der Waals surface area contributed by atoms with E-state index in [1.807, 2.05) is 0 Å². The Labute approximate surface area is 136 Å². The number of carbonyl (C=O) groups excluding carboxylic acids is 2.